The fraction of sp³-hybridized carbons (Fsp3) is 0.389. The standard InChI is InChI=1S/C18H24N2/c1-19-18(13-12-17-10-6-14-20-15-17)11-5-9-16-7-3-2-4-8-16/h2-4,6-8,10,14-15,18-19H,5,9,11-13H2,1H3. The maximum absolute atomic E-state index is 4.17. The minimum Gasteiger partial charge on any atom is -0.317 e. The molecule has 106 valence electrons. The molecule has 1 atom stereocenters. The Morgan fingerprint density at radius 1 is 0.950 bits per heavy atom. The molecule has 1 N–H and O–H groups in total. The van der Waals surface area contributed by atoms with Gasteiger partial charge < -0.3 is 5.32 Å². The zero-order valence-electron chi connectivity index (χ0n) is 12.3. The highest BCUT2D eigenvalue weighted by molar-refractivity contribution is 5.14. The summed E-state index contributed by atoms with van der Waals surface area (Å²) >= 11 is 0. The summed E-state index contributed by atoms with van der Waals surface area (Å²) in [5.41, 5.74) is 2.77. The van der Waals surface area contributed by atoms with Crippen molar-refractivity contribution in [3.63, 3.8) is 0 Å². The second-order valence-electron chi connectivity index (χ2n) is 5.26. The molecule has 2 heteroatoms. The lowest BCUT2D eigenvalue weighted by Crippen LogP contribution is -2.25. The topological polar surface area (TPSA) is 24.9 Å². The molecule has 1 aromatic heterocycles. The number of hydrogen-bond donors (Lipinski definition) is 1. The summed E-state index contributed by atoms with van der Waals surface area (Å²) < 4.78 is 0. The van der Waals surface area contributed by atoms with E-state index >= 15 is 0 Å². The number of pyridine rings is 1. The van der Waals surface area contributed by atoms with E-state index in [4.69, 9.17) is 0 Å². The molecule has 0 fully saturated rings. The number of hydrogen-bond acceptors (Lipinski definition) is 2. The van der Waals surface area contributed by atoms with Gasteiger partial charge in [0.15, 0.2) is 0 Å². The van der Waals surface area contributed by atoms with Gasteiger partial charge in [0.25, 0.3) is 0 Å². The highest BCUT2D eigenvalue weighted by atomic mass is 14.9. The third kappa shape index (κ3) is 5.14. The van der Waals surface area contributed by atoms with Gasteiger partial charge in [-0.25, -0.2) is 0 Å². The molecule has 2 nitrogen and oxygen atoms in total. The maximum Gasteiger partial charge on any atom is 0.0299 e. The quantitative estimate of drug-likeness (QED) is 0.791. The van der Waals surface area contributed by atoms with Crippen LogP contribution >= 0.6 is 0 Å². The summed E-state index contributed by atoms with van der Waals surface area (Å²) in [7, 11) is 2.07. The highest BCUT2D eigenvalue weighted by Crippen LogP contribution is 2.11. The van der Waals surface area contributed by atoms with Gasteiger partial charge in [0.05, 0.1) is 0 Å². The van der Waals surface area contributed by atoms with Crippen LogP contribution < -0.4 is 5.32 Å². The molecule has 0 saturated heterocycles. The van der Waals surface area contributed by atoms with Crippen molar-refractivity contribution in [2.45, 2.75) is 38.1 Å². The minimum absolute atomic E-state index is 0.596. The third-order valence-corrected chi connectivity index (χ3v) is 3.77. The smallest absolute Gasteiger partial charge is 0.0299 e. The first-order valence-electron chi connectivity index (χ1n) is 7.48. The Bertz CT molecular complexity index is 467. The van der Waals surface area contributed by atoms with Gasteiger partial charge in [0.1, 0.15) is 0 Å². The number of aryl methyl sites for hydroxylation is 2. The molecule has 0 radical (unpaired) electrons. The molecule has 0 aliphatic rings. The predicted octanol–water partition coefficient (Wildman–Crippen LogP) is 3.63. The van der Waals surface area contributed by atoms with Crippen molar-refractivity contribution in [1.82, 2.24) is 10.3 Å². The molecule has 1 heterocycles. The van der Waals surface area contributed by atoms with E-state index in [0.717, 1.165) is 6.42 Å². The lowest BCUT2D eigenvalue weighted by atomic mass is 10.00. The summed E-state index contributed by atoms with van der Waals surface area (Å²) in [5, 5.41) is 3.44. The second kappa shape index (κ2) is 8.49. The summed E-state index contributed by atoms with van der Waals surface area (Å²) in [4.78, 5) is 4.17. The van der Waals surface area contributed by atoms with Crippen LogP contribution in [0.15, 0.2) is 54.9 Å². The lowest BCUT2D eigenvalue weighted by molar-refractivity contribution is 0.474. The first kappa shape index (κ1) is 14.7. The van der Waals surface area contributed by atoms with Gasteiger partial charge in [0, 0.05) is 18.4 Å². The summed E-state index contributed by atoms with van der Waals surface area (Å²) in [5.74, 6) is 0. The van der Waals surface area contributed by atoms with E-state index in [1.165, 1.54) is 36.8 Å². The largest absolute Gasteiger partial charge is 0.317 e. The van der Waals surface area contributed by atoms with Crippen LogP contribution in [-0.2, 0) is 12.8 Å². The average Bonchev–Trinajstić information content (AvgIpc) is 2.52. The van der Waals surface area contributed by atoms with Crippen LogP contribution in [0.3, 0.4) is 0 Å². The fourth-order valence-corrected chi connectivity index (χ4v) is 2.52. The Morgan fingerprint density at radius 2 is 1.75 bits per heavy atom. The zero-order chi connectivity index (χ0) is 14.0. The van der Waals surface area contributed by atoms with Crippen molar-refractivity contribution in [3.05, 3.63) is 66.0 Å². The number of nitrogens with zero attached hydrogens (tertiary/aromatic N) is 1. The number of rotatable bonds is 8. The Hall–Kier alpha value is -1.67. The van der Waals surface area contributed by atoms with Crippen molar-refractivity contribution in [2.75, 3.05) is 7.05 Å². The van der Waals surface area contributed by atoms with Crippen LogP contribution in [0.4, 0.5) is 0 Å². The van der Waals surface area contributed by atoms with Gasteiger partial charge in [-0.2, -0.15) is 0 Å². The molecule has 1 aromatic carbocycles. The van der Waals surface area contributed by atoms with Crippen LogP contribution in [0.5, 0.6) is 0 Å². The first-order valence-corrected chi connectivity index (χ1v) is 7.48. The van der Waals surface area contributed by atoms with Crippen molar-refractivity contribution in [1.29, 1.82) is 0 Å². The van der Waals surface area contributed by atoms with E-state index in [9.17, 15) is 0 Å². The van der Waals surface area contributed by atoms with Crippen LogP contribution in [0.25, 0.3) is 0 Å². The molecular formula is C18H24N2. The van der Waals surface area contributed by atoms with Gasteiger partial charge in [-0.15, -0.1) is 0 Å². The zero-order valence-corrected chi connectivity index (χ0v) is 12.3. The van der Waals surface area contributed by atoms with Gasteiger partial charge in [-0.3, -0.25) is 4.98 Å². The minimum atomic E-state index is 0.596. The van der Waals surface area contributed by atoms with Crippen molar-refractivity contribution >= 4 is 0 Å². The molecule has 20 heavy (non-hydrogen) atoms. The number of benzene rings is 1. The van der Waals surface area contributed by atoms with E-state index in [1.54, 1.807) is 0 Å². The molecule has 0 amide bonds. The molecule has 1 unspecified atom stereocenters. The predicted molar refractivity (Wildman–Crippen MR) is 84.8 cm³/mol. The monoisotopic (exact) mass is 268 g/mol. The Kier molecular flexibility index (Phi) is 6.25. The molecule has 0 bridgehead atoms. The molecule has 2 aromatic rings. The van der Waals surface area contributed by atoms with Crippen LogP contribution in [0.2, 0.25) is 0 Å². The molecule has 0 aliphatic heterocycles. The SMILES string of the molecule is CNC(CCCc1ccccc1)CCc1cccnc1. The van der Waals surface area contributed by atoms with Crippen LogP contribution in [-0.4, -0.2) is 18.1 Å². The lowest BCUT2D eigenvalue weighted by Gasteiger charge is -2.16. The average molecular weight is 268 g/mol. The van der Waals surface area contributed by atoms with E-state index in [1.807, 2.05) is 18.5 Å². The molecule has 0 saturated carbocycles. The molecule has 2 rings (SSSR count). The molecule has 0 spiro atoms. The molecular weight excluding hydrogens is 244 g/mol. The van der Waals surface area contributed by atoms with Gasteiger partial charge in [-0.1, -0.05) is 36.4 Å². The van der Waals surface area contributed by atoms with Crippen LogP contribution in [0.1, 0.15) is 30.4 Å². The van der Waals surface area contributed by atoms with Gasteiger partial charge >= 0.3 is 0 Å². The molecule has 0 aliphatic carbocycles. The van der Waals surface area contributed by atoms with Crippen LogP contribution in [0, 0.1) is 0 Å². The Labute approximate surface area is 122 Å². The maximum atomic E-state index is 4.17. The Balaban J connectivity index is 1.70. The van der Waals surface area contributed by atoms with E-state index in [2.05, 4.69) is 53.7 Å². The first-order chi connectivity index (χ1) is 9.88. The van der Waals surface area contributed by atoms with Gasteiger partial charge in [-0.05, 0) is 56.3 Å². The third-order valence-electron chi connectivity index (χ3n) is 3.77. The summed E-state index contributed by atoms with van der Waals surface area (Å²) in [6.45, 7) is 0. The number of nitrogens with one attached hydrogen (secondary N) is 1. The van der Waals surface area contributed by atoms with Crippen molar-refractivity contribution in [2.24, 2.45) is 0 Å². The summed E-state index contributed by atoms with van der Waals surface area (Å²) in [6, 6.07) is 15.5. The van der Waals surface area contributed by atoms with Crippen molar-refractivity contribution < 1.29 is 0 Å². The van der Waals surface area contributed by atoms with E-state index in [0.29, 0.717) is 6.04 Å². The normalized spacial score (nSPS) is 12.2. The Morgan fingerprint density at radius 3 is 2.45 bits per heavy atom. The van der Waals surface area contributed by atoms with Crippen molar-refractivity contribution in [3.8, 4) is 0 Å². The van der Waals surface area contributed by atoms with Gasteiger partial charge in [0.2, 0.25) is 0 Å². The summed E-state index contributed by atoms with van der Waals surface area (Å²) in [6.07, 6.45) is 9.72. The van der Waals surface area contributed by atoms with E-state index < -0.39 is 0 Å². The number of aromatic nitrogens is 1. The highest BCUT2D eigenvalue weighted by Gasteiger charge is 2.06. The van der Waals surface area contributed by atoms with E-state index in [-0.39, 0.29) is 0 Å². The second-order valence-corrected chi connectivity index (χ2v) is 5.26. The fourth-order valence-electron chi connectivity index (χ4n) is 2.52.